The molecule has 4 aromatic rings. The second kappa shape index (κ2) is 20.2. The number of Topliss-reactive ketones (excluding diaryl/α,β-unsaturated/α-hetero) is 1. The molecule has 2 atom stereocenters. The summed E-state index contributed by atoms with van der Waals surface area (Å²) in [5.74, 6) is -2.63. The Balaban J connectivity index is 0.869. The topological polar surface area (TPSA) is 151 Å². The van der Waals surface area contributed by atoms with Gasteiger partial charge in [0.05, 0.1) is 44.5 Å². The summed E-state index contributed by atoms with van der Waals surface area (Å²) < 4.78 is 93.7. The van der Waals surface area contributed by atoms with Gasteiger partial charge in [0.1, 0.15) is 28.9 Å². The molecule has 17 heteroatoms. The molecular formula is C51H60F2N4O9S2. The summed E-state index contributed by atoms with van der Waals surface area (Å²) in [6, 6.07) is 18.2. The van der Waals surface area contributed by atoms with E-state index in [-0.39, 0.29) is 76.9 Å². The molecule has 68 heavy (non-hydrogen) atoms. The first kappa shape index (κ1) is 48.9. The third kappa shape index (κ3) is 10.8. The molecule has 2 saturated heterocycles. The van der Waals surface area contributed by atoms with Crippen LogP contribution in [0.4, 0.5) is 20.2 Å². The molecule has 0 bridgehead atoms. The fourth-order valence-corrected chi connectivity index (χ4v) is 11.1. The van der Waals surface area contributed by atoms with Crippen LogP contribution in [0.1, 0.15) is 109 Å². The minimum absolute atomic E-state index is 0.0317. The molecule has 4 aromatic carbocycles. The van der Waals surface area contributed by atoms with Crippen LogP contribution in [0, 0.1) is 11.6 Å². The number of rotatable bonds is 14. The highest BCUT2D eigenvalue weighted by atomic mass is 32.2. The van der Waals surface area contributed by atoms with Crippen LogP contribution in [0.2, 0.25) is 0 Å². The van der Waals surface area contributed by atoms with Crippen molar-refractivity contribution in [1.29, 1.82) is 0 Å². The number of piperazine rings is 2. The maximum atomic E-state index is 15.9. The molecule has 2 saturated carbocycles. The number of ketones is 1. The summed E-state index contributed by atoms with van der Waals surface area (Å²) in [7, 11) is -7.16. The Morgan fingerprint density at radius 2 is 0.882 bits per heavy atom. The van der Waals surface area contributed by atoms with E-state index >= 15 is 8.78 Å². The predicted molar refractivity (Wildman–Crippen MR) is 256 cm³/mol. The van der Waals surface area contributed by atoms with Gasteiger partial charge in [-0.25, -0.2) is 25.6 Å². The zero-order chi connectivity index (χ0) is 48.5. The Morgan fingerprint density at radius 3 is 1.21 bits per heavy atom. The first-order valence-corrected chi connectivity index (χ1v) is 27.4. The molecule has 8 rings (SSSR count). The number of sulfone groups is 2. The Kier molecular flexibility index (Phi) is 14.5. The first-order chi connectivity index (χ1) is 32.3. The van der Waals surface area contributed by atoms with Crippen LogP contribution in [-0.4, -0.2) is 121 Å². The summed E-state index contributed by atoms with van der Waals surface area (Å²) in [6.07, 6.45) is 9.71. The fourth-order valence-electron chi connectivity index (χ4n) is 9.83. The van der Waals surface area contributed by atoms with Crippen LogP contribution >= 0.6 is 0 Å². The standard InChI is InChI=1S/C51H60F2N4O9S2/c1-33(35-13-17-45(43(52)29-35)54-21-25-56(26-22-54)50(59)41-31-39(67(3,61)62)15-19-47(41)65-37-9-5-6-10-37)49(58)34(2)36-14-18-46(44(53)30-36)55-23-27-57(28-24-55)51(60)42-32-40(68(4,63)64)16-20-48(42)66-38-11-7-8-12-38/h13-20,29-34,37-38H,5-12,21-28H2,1-4H3. The van der Waals surface area contributed by atoms with Gasteiger partial charge in [0.25, 0.3) is 11.8 Å². The molecule has 0 spiro atoms. The predicted octanol–water partition coefficient (Wildman–Crippen LogP) is 7.82. The molecule has 0 aromatic heterocycles. The smallest absolute Gasteiger partial charge is 0.257 e. The molecule has 2 heterocycles. The van der Waals surface area contributed by atoms with Gasteiger partial charge < -0.3 is 29.1 Å². The molecule has 4 aliphatic rings. The maximum absolute atomic E-state index is 15.9. The van der Waals surface area contributed by atoms with Gasteiger partial charge in [-0.2, -0.15) is 0 Å². The van der Waals surface area contributed by atoms with Crippen molar-refractivity contribution in [3.8, 4) is 11.5 Å². The van der Waals surface area contributed by atoms with E-state index < -0.39 is 43.1 Å². The van der Waals surface area contributed by atoms with Crippen LogP contribution in [0.15, 0.2) is 82.6 Å². The van der Waals surface area contributed by atoms with Crippen LogP contribution in [0.3, 0.4) is 0 Å². The van der Waals surface area contributed by atoms with Crippen LogP contribution in [0.5, 0.6) is 11.5 Å². The molecule has 364 valence electrons. The number of hydrogen-bond acceptors (Lipinski definition) is 11. The van der Waals surface area contributed by atoms with Gasteiger partial charge in [-0.1, -0.05) is 26.0 Å². The molecule has 4 fully saturated rings. The van der Waals surface area contributed by atoms with E-state index in [0.717, 1.165) is 63.9 Å². The van der Waals surface area contributed by atoms with E-state index in [1.807, 2.05) is 9.80 Å². The summed E-state index contributed by atoms with van der Waals surface area (Å²) >= 11 is 0. The number of carbonyl (C=O) groups excluding carboxylic acids is 3. The number of nitrogens with zero attached hydrogens (tertiary/aromatic N) is 4. The molecule has 2 amide bonds. The zero-order valence-electron chi connectivity index (χ0n) is 39.1. The van der Waals surface area contributed by atoms with E-state index in [1.165, 1.54) is 36.4 Å². The summed E-state index contributed by atoms with van der Waals surface area (Å²) in [5.41, 5.74) is 2.00. The quantitative estimate of drug-likeness (QED) is 0.122. The number of hydrogen-bond donors (Lipinski definition) is 0. The number of benzene rings is 4. The largest absolute Gasteiger partial charge is 0.490 e. The molecule has 0 N–H and O–H groups in total. The zero-order valence-corrected chi connectivity index (χ0v) is 40.7. The molecule has 2 aliphatic carbocycles. The van der Waals surface area contributed by atoms with Gasteiger partial charge in [-0.15, -0.1) is 0 Å². The van der Waals surface area contributed by atoms with E-state index in [0.29, 0.717) is 60.2 Å². The Hall–Kier alpha value is -5.55. The van der Waals surface area contributed by atoms with Crippen molar-refractivity contribution in [3.63, 3.8) is 0 Å². The van der Waals surface area contributed by atoms with Crippen LogP contribution < -0.4 is 19.3 Å². The van der Waals surface area contributed by atoms with Crippen LogP contribution in [-0.2, 0) is 24.5 Å². The lowest BCUT2D eigenvalue weighted by molar-refractivity contribution is -0.121. The minimum Gasteiger partial charge on any atom is -0.490 e. The highest BCUT2D eigenvalue weighted by Gasteiger charge is 2.32. The number of amides is 2. The second-order valence-corrected chi connectivity index (χ2v) is 22.8. The van der Waals surface area contributed by atoms with Crippen molar-refractivity contribution in [3.05, 3.63) is 107 Å². The molecular weight excluding hydrogens is 915 g/mol. The number of carbonyl (C=O) groups is 3. The van der Waals surface area contributed by atoms with E-state index in [2.05, 4.69) is 0 Å². The Bertz CT molecular complexity index is 2590. The molecule has 2 unspecified atom stereocenters. The van der Waals surface area contributed by atoms with Gasteiger partial charge in [0, 0.05) is 76.7 Å². The van der Waals surface area contributed by atoms with Crippen molar-refractivity contribution in [2.75, 3.05) is 74.7 Å². The van der Waals surface area contributed by atoms with Crippen LogP contribution in [0.25, 0.3) is 0 Å². The summed E-state index contributed by atoms with van der Waals surface area (Å²) in [4.78, 5) is 48.5. The van der Waals surface area contributed by atoms with Crippen molar-refractivity contribution in [1.82, 2.24) is 9.80 Å². The maximum Gasteiger partial charge on any atom is 0.257 e. The second-order valence-electron chi connectivity index (χ2n) is 18.7. The van der Waals surface area contributed by atoms with E-state index in [4.69, 9.17) is 9.47 Å². The summed E-state index contributed by atoms with van der Waals surface area (Å²) in [5, 5.41) is 0. The third-order valence-corrected chi connectivity index (χ3v) is 16.2. The number of anilines is 2. The van der Waals surface area contributed by atoms with Gasteiger partial charge in [0.2, 0.25) is 0 Å². The number of ether oxygens (including phenoxy) is 2. The summed E-state index contributed by atoms with van der Waals surface area (Å²) in [6.45, 7) is 5.78. The first-order valence-electron chi connectivity index (χ1n) is 23.6. The average molecular weight is 975 g/mol. The fraction of sp³-hybridized carbons (Fsp3) is 0.471. The van der Waals surface area contributed by atoms with Gasteiger partial charge >= 0.3 is 0 Å². The minimum atomic E-state index is -3.58. The van der Waals surface area contributed by atoms with Crippen molar-refractivity contribution in [2.45, 2.75) is 99.0 Å². The van der Waals surface area contributed by atoms with Crippen molar-refractivity contribution >= 4 is 48.6 Å². The van der Waals surface area contributed by atoms with E-state index in [9.17, 15) is 31.2 Å². The van der Waals surface area contributed by atoms with E-state index in [1.54, 1.807) is 60.0 Å². The molecule has 13 nitrogen and oxygen atoms in total. The normalized spacial score (nSPS) is 18.4. The third-order valence-electron chi connectivity index (χ3n) is 14.0. The average Bonchev–Trinajstić information content (AvgIpc) is 4.05. The Labute approximate surface area is 398 Å². The number of halogens is 2. The lowest BCUT2D eigenvalue weighted by Crippen LogP contribution is -2.49. The lowest BCUT2D eigenvalue weighted by atomic mass is 9.85. The highest BCUT2D eigenvalue weighted by molar-refractivity contribution is 7.91. The Morgan fingerprint density at radius 1 is 0.529 bits per heavy atom. The highest BCUT2D eigenvalue weighted by Crippen LogP contribution is 2.35. The molecule has 0 radical (unpaired) electrons. The SMILES string of the molecule is CC(C(=O)C(C)c1ccc(N2CCN(C(=O)c3cc(S(C)(=O)=O)ccc3OC3CCCC3)CC2)c(F)c1)c1ccc(N2CCN(C(=O)c3cc(S(C)(=O)=O)ccc3OC3CCCC3)CC2)c(F)c1. The monoisotopic (exact) mass is 974 g/mol. The van der Waals surface area contributed by atoms with Gasteiger partial charge in [0.15, 0.2) is 19.7 Å². The lowest BCUT2D eigenvalue weighted by Gasteiger charge is -2.36. The van der Waals surface area contributed by atoms with Crippen molar-refractivity contribution in [2.24, 2.45) is 0 Å². The van der Waals surface area contributed by atoms with Gasteiger partial charge in [-0.3, -0.25) is 14.4 Å². The van der Waals surface area contributed by atoms with Crippen molar-refractivity contribution < 1.29 is 49.5 Å². The molecule has 2 aliphatic heterocycles. The van der Waals surface area contributed by atoms with Gasteiger partial charge in [-0.05, 0) is 123 Å².